The molecule has 0 aromatic rings. The summed E-state index contributed by atoms with van der Waals surface area (Å²) in [6.45, 7) is 16.6. The van der Waals surface area contributed by atoms with Crippen molar-refractivity contribution in [3.8, 4) is 0 Å². The van der Waals surface area contributed by atoms with E-state index in [0.29, 0.717) is 10.8 Å². The highest BCUT2D eigenvalue weighted by molar-refractivity contribution is 5.66. The first-order valence-corrected chi connectivity index (χ1v) is 13.9. The third-order valence-electron chi connectivity index (χ3n) is 11.3. The van der Waals surface area contributed by atoms with Crippen LogP contribution in [0.25, 0.3) is 0 Å². The molecule has 4 aliphatic carbocycles. The fourth-order valence-electron chi connectivity index (χ4n) is 8.84. The second-order valence-corrected chi connectivity index (χ2v) is 13.2. The van der Waals surface area contributed by atoms with E-state index < -0.39 is 0 Å². The molecule has 0 aliphatic heterocycles. The predicted molar refractivity (Wildman–Crippen MR) is 133 cm³/mol. The van der Waals surface area contributed by atoms with Crippen LogP contribution in [0.1, 0.15) is 113 Å². The third-order valence-corrected chi connectivity index (χ3v) is 11.3. The van der Waals surface area contributed by atoms with Crippen LogP contribution in [-0.2, 0) is 9.53 Å². The van der Waals surface area contributed by atoms with Gasteiger partial charge in [-0.05, 0) is 104 Å². The molecule has 0 amide bonds. The van der Waals surface area contributed by atoms with Crippen LogP contribution in [0, 0.1) is 52.3 Å². The minimum absolute atomic E-state index is 0.0974. The van der Waals surface area contributed by atoms with Crippen LogP contribution in [0.15, 0.2) is 11.6 Å². The van der Waals surface area contributed by atoms with Crippen LogP contribution in [0.5, 0.6) is 0 Å². The highest BCUT2D eigenvalue weighted by Crippen LogP contribution is 2.66. The van der Waals surface area contributed by atoms with Crippen molar-refractivity contribution < 1.29 is 9.53 Å². The number of hydrogen-bond acceptors (Lipinski definition) is 2. The maximum atomic E-state index is 11.5. The van der Waals surface area contributed by atoms with Gasteiger partial charge < -0.3 is 4.74 Å². The molecule has 2 nitrogen and oxygen atoms in total. The molecule has 0 unspecified atom stereocenters. The summed E-state index contributed by atoms with van der Waals surface area (Å²) in [6, 6.07) is 0. The van der Waals surface area contributed by atoms with E-state index in [4.69, 9.17) is 4.74 Å². The van der Waals surface area contributed by atoms with Crippen LogP contribution in [0.4, 0.5) is 0 Å². The molecule has 3 fully saturated rings. The second-order valence-electron chi connectivity index (χ2n) is 13.2. The van der Waals surface area contributed by atoms with Gasteiger partial charge in [0, 0.05) is 6.92 Å². The zero-order chi connectivity index (χ0) is 23.3. The van der Waals surface area contributed by atoms with E-state index in [2.05, 4.69) is 47.6 Å². The number of fused-ring (bicyclic) bond motifs is 5. The van der Waals surface area contributed by atoms with Crippen molar-refractivity contribution in [1.29, 1.82) is 0 Å². The average Bonchev–Trinajstić information content (AvgIpc) is 3.08. The van der Waals surface area contributed by atoms with Crippen LogP contribution >= 0.6 is 0 Å². The van der Waals surface area contributed by atoms with Gasteiger partial charge in [0.15, 0.2) is 0 Å². The minimum Gasteiger partial charge on any atom is -0.463 e. The molecule has 2 heteroatoms. The zero-order valence-corrected chi connectivity index (χ0v) is 22.1. The highest BCUT2D eigenvalue weighted by atomic mass is 16.5. The molecule has 0 spiro atoms. The summed E-state index contributed by atoms with van der Waals surface area (Å²) < 4.78 is 5.65. The van der Waals surface area contributed by atoms with Gasteiger partial charge in [0.1, 0.15) is 6.10 Å². The van der Waals surface area contributed by atoms with Gasteiger partial charge in [0.05, 0.1) is 0 Å². The highest BCUT2D eigenvalue weighted by Gasteiger charge is 2.58. The molecule has 32 heavy (non-hydrogen) atoms. The lowest BCUT2D eigenvalue weighted by atomic mass is 9.45. The van der Waals surface area contributed by atoms with E-state index in [0.717, 1.165) is 54.3 Å². The Labute approximate surface area is 198 Å². The maximum absolute atomic E-state index is 11.5. The van der Waals surface area contributed by atoms with Gasteiger partial charge in [-0.15, -0.1) is 0 Å². The monoisotopic (exact) mass is 442 g/mol. The van der Waals surface area contributed by atoms with Crippen molar-refractivity contribution in [3.63, 3.8) is 0 Å². The fraction of sp³-hybridized carbons (Fsp3) is 0.900. The molecule has 0 aromatic heterocycles. The van der Waals surface area contributed by atoms with Crippen LogP contribution in [-0.4, -0.2) is 12.1 Å². The summed E-state index contributed by atoms with van der Waals surface area (Å²) in [6.07, 6.45) is 15.9. The molecular formula is C30H50O2. The normalized spacial score (nSPS) is 43.0. The summed E-state index contributed by atoms with van der Waals surface area (Å²) in [5.41, 5.74) is 2.75. The Kier molecular flexibility index (Phi) is 6.92. The van der Waals surface area contributed by atoms with Gasteiger partial charge in [-0.2, -0.15) is 0 Å². The number of carbonyl (C=O) groups is 1. The van der Waals surface area contributed by atoms with E-state index in [9.17, 15) is 4.79 Å². The molecule has 4 aliphatic rings. The van der Waals surface area contributed by atoms with Gasteiger partial charge in [-0.1, -0.05) is 66.0 Å². The van der Waals surface area contributed by atoms with Gasteiger partial charge in [0.2, 0.25) is 0 Å². The lowest BCUT2D eigenvalue weighted by molar-refractivity contribution is -0.155. The summed E-state index contributed by atoms with van der Waals surface area (Å²) in [4.78, 5) is 11.5. The Bertz CT molecular complexity index is 722. The molecule has 4 rings (SSSR count). The van der Waals surface area contributed by atoms with E-state index in [1.807, 2.05) is 5.57 Å². The molecule has 0 bridgehead atoms. The number of esters is 1. The maximum Gasteiger partial charge on any atom is 0.302 e. The molecule has 0 aromatic carbocycles. The molecule has 0 N–H and O–H groups in total. The van der Waals surface area contributed by atoms with Gasteiger partial charge in [0.25, 0.3) is 0 Å². The van der Waals surface area contributed by atoms with E-state index >= 15 is 0 Å². The zero-order valence-electron chi connectivity index (χ0n) is 22.1. The molecule has 0 saturated heterocycles. The van der Waals surface area contributed by atoms with Crippen molar-refractivity contribution in [2.24, 2.45) is 52.3 Å². The largest absolute Gasteiger partial charge is 0.463 e. The standard InChI is InChI=1S/C30H50O2/c1-19(2)20(3)8-9-21(4)26-12-13-27-25-11-10-23-18-24(32-22(5)31)14-16-29(23,6)28(25)15-17-30(26,27)7/h13,19-21,23-26,28H,8-12,14-18H2,1-7H3/t20-,21+,23-,24-,25-,26+,28-,29-,30+/m0/s1. The van der Waals surface area contributed by atoms with Gasteiger partial charge >= 0.3 is 5.97 Å². The smallest absolute Gasteiger partial charge is 0.302 e. The Hall–Kier alpha value is -0.790. The lowest BCUT2D eigenvalue weighted by Crippen LogP contribution is -2.52. The number of carbonyl (C=O) groups excluding carboxylic acids is 1. The lowest BCUT2D eigenvalue weighted by Gasteiger charge is -2.60. The van der Waals surface area contributed by atoms with Crippen molar-refractivity contribution in [2.75, 3.05) is 0 Å². The molecule has 182 valence electrons. The Morgan fingerprint density at radius 2 is 1.81 bits per heavy atom. The molecule has 0 radical (unpaired) electrons. The number of allylic oxidation sites excluding steroid dienone is 2. The second kappa shape index (κ2) is 9.10. The topological polar surface area (TPSA) is 26.3 Å². The van der Waals surface area contributed by atoms with Crippen LogP contribution < -0.4 is 0 Å². The fourth-order valence-corrected chi connectivity index (χ4v) is 8.84. The third kappa shape index (κ3) is 4.22. The van der Waals surface area contributed by atoms with Crippen molar-refractivity contribution in [3.05, 3.63) is 11.6 Å². The average molecular weight is 443 g/mol. The molecule has 0 heterocycles. The van der Waals surface area contributed by atoms with Gasteiger partial charge in [-0.25, -0.2) is 0 Å². The number of hydrogen-bond donors (Lipinski definition) is 0. The Morgan fingerprint density at radius 1 is 1.06 bits per heavy atom. The summed E-state index contributed by atoms with van der Waals surface area (Å²) in [7, 11) is 0. The summed E-state index contributed by atoms with van der Waals surface area (Å²) >= 11 is 0. The number of ether oxygens (including phenoxy) is 1. The first-order chi connectivity index (χ1) is 15.1. The van der Waals surface area contributed by atoms with E-state index in [1.54, 1.807) is 6.92 Å². The first kappa shape index (κ1) is 24.3. The minimum atomic E-state index is -0.0974. The summed E-state index contributed by atoms with van der Waals surface area (Å²) in [5, 5.41) is 0. The molecule has 3 saturated carbocycles. The predicted octanol–water partition coefficient (Wildman–Crippen LogP) is 8.21. The molecule has 9 atom stereocenters. The molecular weight excluding hydrogens is 392 g/mol. The Morgan fingerprint density at radius 3 is 2.50 bits per heavy atom. The van der Waals surface area contributed by atoms with E-state index in [1.165, 1.54) is 51.4 Å². The van der Waals surface area contributed by atoms with Crippen LogP contribution in [0.3, 0.4) is 0 Å². The Balaban J connectivity index is 1.44. The SMILES string of the molecule is CC(=O)O[C@H]1CC[C@@]2(C)[C@@H](CC[C@H]3C4=CC[C@H]([C@H](C)CC[C@H](C)C(C)C)[C@@]4(C)CC[C@@H]32)C1. The summed E-state index contributed by atoms with van der Waals surface area (Å²) in [5.74, 6) is 5.62. The van der Waals surface area contributed by atoms with E-state index in [-0.39, 0.29) is 12.1 Å². The van der Waals surface area contributed by atoms with Crippen molar-refractivity contribution >= 4 is 5.97 Å². The quantitative estimate of drug-likeness (QED) is 0.306. The van der Waals surface area contributed by atoms with Gasteiger partial charge in [-0.3, -0.25) is 4.79 Å². The number of rotatable bonds is 6. The first-order valence-electron chi connectivity index (χ1n) is 13.9. The van der Waals surface area contributed by atoms with Crippen molar-refractivity contribution in [1.82, 2.24) is 0 Å². The van der Waals surface area contributed by atoms with Crippen molar-refractivity contribution in [2.45, 2.75) is 119 Å². The van der Waals surface area contributed by atoms with Crippen LogP contribution in [0.2, 0.25) is 0 Å².